The summed E-state index contributed by atoms with van der Waals surface area (Å²) in [6, 6.07) is -0.853. The SMILES string of the molecule is CC/C=C\C/C=C\C/C=C\C/C=C\C/C=C\C/C=C\C/C=C\C/C=C\C/C=C\C/C=C\CCCCCCCCCCCCC(=O)NC(COP(=O)(O)OCC[N+](C)(C)C)C(O)/C=C/CCCCC. The first-order valence-electron chi connectivity index (χ1n) is 26.6. The summed E-state index contributed by atoms with van der Waals surface area (Å²) in [6.45, 7) is 4.55. The number of likely N-dealkylation sites (N-methyl/N-ethyl adjacent to an activating group) is 1. The van der Waals surface area contributed by atoms with Gasteiger partial charge in [-0.1, -0.05) is 212 Å². The normalized spacial score (nSPS) is 15.1. The van der Waals surface area contributed by atoms with Crippen molar-refractivity contribution in [1.29, 1.82) is 0 Å². The number of allylic oxidation sites excluding steroid dienone is 21. The Morgan fingerprint density at radius 2 is 0.882 bits per heavy atom. The molecule has 3 unspecified atom stereocenters. The maximum atomic E-state index is 12.8. The highest BCUT2D eigenvalue weighted by Crippen LogP contribution is 2.43. The third-order valence-corrected chi connectivity index (χ3v) is 11.9. The van der Waals surface area contributed by atoms with Crippen LogP contribution in [0.1, 0.15) is 181 Å². The fourth-order valence-electron chi connectivity index (χ4n) is 6.71. The van der Waals surface area contributed by atoms with Crippen molar-refractivity contribution in [1.82, 2.24) is 5.32 Å². The van der Waals surface area contributed by atoms with Crippen LogP contribution in [0.15, 0.2) is 134 Å². The number of phosphoric acid groups is 1. The van der Waals surface area contributed by atoms with Crippen molar-refractivity contribution >= 4 is 13.7 Å². The summed E-state index contributed by atoms with van der Waals surface area (Å²) in [5, 5.41) is 13.6. The van der Waals surface area contributed by atoms with E-state index in [2.05, 4.69) is 141 Å². The monoisotopic (exact) mass is 964 g/mol. The molecule has 0 heterocycles. The molecule has 0 aliphatic heterocycles. The number of rotatable bonds is 46. The first kappa shape index (κ1) is 64.6. The van der Waals surface area contributed by atoms with Gasteiger partial charge >= 0.3 is 7.82 Å². The minimum Gasteiger partial charge on any atom is -0.387 e. The van der Waals surface area contributed by atoms with E-state index in [-0.39, 0.29) is 19.1 Å². The van der Waals surface area contributed by atoms with Crippen molar-refractivity contribution in [2.45, 2.75) is 193 Å². The van der Waals surface area contributed by atoms with E-state index in [1.807, 2.05) is 27.2 Å². The van der Waals surface area contributed by atoms with Crippen molar-refractivity contribution in [2.75, 3.05) is 40.9 Å². The zero-order chi connectivity index (χ0) is 49.9. The molecular weight excluding hydrogens is 864 g/mol. The topological polar surface area (TPSA) is 105 Å². The van der Waals surface area contributed by atoms with Gasteiger partial charge in [0.1, 0.15) is 13.2 Å². The Morgan fingerprint density at radius 1 is 0.515 bits per heavy atom. The first-order valence-corrected chi connectivity index (χ1v) is 28.1. The van der Waals surface area contributed by atoms with Gasteiger partial charge in [0.15, 0.2) is 0 Å². The minimum absolute atomic E-state index is 0.0535. The van der Waals surface area contributed by atoms with E-state index in [0.29, 0.717) is 17.4 Å². The summed E-state index contributed by atoms with van der Waals surface area (Å²) < 4.78 is 23.4. The van der Waals surface area contributed by atoms with Crippen LogP contribution in [0, 0.1) is 0 Å². The van der Waals surface area contributed by atoms with Gasteiger partial charge in [-0.25, -0.2) is 4.57 Å². The molecule has 9 heteroatoms. The van der Waals surface area contributed by atoms with Crippen LogP contribution in [0.3, 0.4) is 0 Å². The van der Waals surface area contributed by atoms with Crippen LogP contribution in [0.25, 0.3) is 0 Å². The lowest BCUT2D eigenvalue weighted by Gasteiger charge is -2.25. The fraction of sp³-hybridized carbons (Fsp3) is 0.610. The summed E-state index contributed by atoms with van der Waals surface area (Å²) in [4.78, 5) is 23.0. The Kier molecular flexibility index (Phi) is 46.3. The first-order chi connectivity index (χ1) is 33.0. The second-order valence-corrected chi connectivity index (χ2v) is 20.0. The molecule has 3 atom stereocenters. The third-order valence-electron chi connectivity index (χ3n) is 10.9. The molecule has 0 spiro atoms. The molecule has 0 radical (unpaired) electrons. The van der Waals surface area contributed by atoms with Gasteiger partial charge < -0.3 is 19.8 Å². The molecule has 0 saturated carbocycles. The Bertz CT molecular complexity index is 1560. The van der Waals surface area contributed by atoms with Gasteiger partial charge in [0.25, 0.3) is 0 Å². The molecular formula is C59H100N2O6P+. The molecule has 0 fully saturated rings. The van der Waals surface area contributed by atoms with Gasteiger partial charge in [-0.3, -0.25) is 13.8 Å². The average Bonchev–Trinajstić information content (AvgIpc) is 3.30. The standard InChI is InChI=1S/C59H99N2O6P/c1-6-8-10-12-13-14-15-16-17-18-19-20-21-22-23-24-25-26-27-28-29-30-31-32-33-34-35-36-37-38-39-40-41-42-43-44-45-46-47-49-51-53-59(63)60-57(58(62)52-50-48-11-9-7-2)56-67-68(64,65)66-55-54-61(3,4)5/h8,10,13-14,16-17,19-20,22-23,25-26,28-29,31-32,34-35,37-38,50,52,57-58,62H,6-7,9,11-12,15,18,21,24,27,30,33,36,39-49,51,53-56H2,1-5H3,(H-,60,63,64,65)/p+1/b10-8-,14-13-,17-16-,20-19-,23-22-,26-25-,29-28-,32-31-,35-34-,38-37-,52-50+. The zero-order valence-electron chi connectivity index (χ0n) is 43.8. The fourth-order valence-corrected chi connectivity index (χ4v) is 7.45. The number of hydrogen-bond donors (Lipinski definition) is 3. The molecule has 0 bridgehead atoms. The molecule has 0 aromatic rings. The molecule has 0 aromatic carbocycles. The summed E-state index contributed by atoms with van der Waals surface area (Å²) >= 11 is 0. The van der Waals surface area contributed by atoms with Crippen LogP contribution in [-0.2, 0) is 18.4 Å². The number of carbonyl (C=O) groups excluding carboxylic acids is 1. The van der Waals surface area contributed by atoms with Gasteiger partial charge in [-0.2, -0.15) is 0 Å². The maximum absolute atomic E-state index is 12.8. The molecule has 3 N–H and O–H groups in total. The zero-order valence-corrected chi connectivity index (χ0v) is 44.7. The van der Waals surface area contributed by atoms with Gasteiger partial charge in [0.05, 0.1) is 39.9 Å². The summed E-state index contributed by atoms with van der Waals surface area (Å²) in [5.74, 6) is -0.196. The minimum atomic E-state index is -4.33. The van der Waals surface area contributed by atoms with E-state index in [1.54, 1.807) is 6.08 Å². The van der Waals surface area contributed by atoms with Gasteiger partial charge in [-0.05, 0) is 96.3 Å². The van der Waals surface area contributed by atoms with Gasteiger partial charge in [0.2, 0.25) is 5.91 Å². The molecule has 0 aliphatic rings. The lowest BCUT2D eigenvalue weighted by Crippen LogP contribution is -2.45. The van der Waals surface area contributed by atoms with Gasteiger partial charge in [-0.15, -0.1) is 0 Å². The van der Waals surface area contributed by atoms with Crippen LogP contribution < -0.4 is 5.32 Å². The highest BCUT2D eigenvalue weighted by Gasteiger charge is 2.27. The summed E-state index contributed by atoms with van der Waals surface area (Å²) in [7, 11) is 1.54. The van der Waals surface area contributed by atoms with Crippen LogP contribution in [-0.4, -0.2) is 73.4 Å². The van der Waals surface area contributed by atoms with Crippen LogP contribution in [0.5, 0.6) is 0 Å². The van der Waals surface area contributed by atoms with E-state index >= 15 is 0 Å². The molecule has 68 heavy (non-hydrogen) atoms. The second kappa shape index (κ2) is 48.7. The van der Waals surface area contributed by atoms with Crippen molar-refractivity contribution < 1.29 is 32.9 Å². The maximum Gasteiger partial charge on any atom is 0.472 e. The van der Waals surface area contributed by atoms with Crippen molar-refractivity contribution in [3.63, 3.8) is 0 Å². The summed E-state index contributed by atoms with van der Waals surface area (Å²) in [6.07, 6.45) is 74.6. The molecule has 1 amide bonds. The number of unbranched alkanes of at least 4 members (excludes halogenated alkanes) is 13. The number of nitrogens with one attached hydrogen (secondary N) is 1. The van der Waals surface area contributed by atoms with E-state index in [0.717, 1.165) is 116 Å². The van der Waals surface area contributed by atoms with Crippen molar-refractivity contribution in [3.8, 4) is 0 Å². The van der Waals surface area contributed by atoms with Crippen LogP contribution in [0.4, 0.5) is 0 Å². The molecule has 0 saturated heterocycles. The highest BCUT2D eigenvalue weighted by molar-refractivity contribution is 7.47. The predicted molar refractivity (Wildman–Crippen MR) is 294 cm³/mol. The number of quaternary nitrogens is 1. The Labute approximate surface area is 417 Å². The Balaban J connectivity index is 3.92. The molecule has 0 aromatic heterocycles. The number of aliphatic hydroxyl groups excluding tert-OH is 1. The Hall–Kier alpha value is -3.36. The van der Waals surface area contributed by atoms with E-state index < -0.39 is 20.0 Å². The predicted octanol–water partition coefficient (Wildman–Crippen LogP) is 16.0. The second-order valence-electron chi connectivity index (χ2n) is 18.5. The van der Waals surface area contributed by atoms with E-state index in [9.17, 15) is 19.4 Å². The lowest BCUT2D eigenvalue weighted by molar-refractivity contribution is -0.870. The number of carbonyl (C=O) groups is 1. The third kappa shape index (κ3) is 50.5. The van der Waals surface area contributed by atoms with E-state index in [1.165, 1.54) is 44.9 Å². The number of aliphatic hydroxyl groups is 1. The summed E-state index contributed by atoms with van der Waals surface area (Å²) in [5.41, 5.74) is 0. The lowest BCUT2D eigenvalue weighted by atomic mass is 10.0. The smallest absolute Gasteiger partial charge is 0.387 e. The Morgan fingerprint density at radius 3 is 1.29 bits per heavy atom. The molecule has 8 nitrogen and oxygen atoms in total. The molecule has 0 rings (SSSR count). The van der Waals surface area contributed by atoms with Gasteiger partial charge in [0, 0.05) is 6.42 Å². The molecule has 386 valence electrons. The van der Waals surface area contributed by atoms with Crippen molar-refractivity contribution in [2.24, 2.45) is 0 Å². The number of hydrogen-bond acceptors (Lipinski definition) is 5. The molecule has 0 aliphatic carbocycles. The quantitative estimate of drug-likeness (QED) is 0.0243. The number of nitrogens with zero attached hydrogens (tertiary/aromatic N) is 1. The number of amides is 1. The van der Waals surface area contributed by atoms with Crippen LogP contribution >= 0.6 is 7.82 Å². The van der Waals surface area contributed by atoms with Crippen LogP contribution in [0.2, 0.25) is 0 Å². The number of phosphoric ester groups is 1. The largest absolute Gasteiger partial charge is 0.472 e. The average molecular weight is 964 g/mol. The van der Waals surface area contributed by atoms with E-state index in [4.69, 9.17) is 9.05 Å². The highest BCUT2D eigenvalue weighted by atomic mass is 31.2. The van der Waals surface area contributed by atoms with Crippen molar-refractivity contribution in [3.05, 3.63) is 134 Å².